The second-order valence-electron chi connectivity index (χ2n) is 6.19. The van der Waals surface area contributed by atoms with Crippen LogP contribution in [0, 0.1) is 11.8 Å². The van der Waals surface area contributed by atoms with Gasteiger partial charge in [-0.15, -0.1) is 0 Å². The molecule has 0 aromatic carbocycles. The van der Waals surface area contributed by atoms with E-state index in [-0.39, 0.29) is 17.7 Å². The van der Waals surface area contributed by atoms with E-state index in [1.807, 2.05) is 9.80 Å². The molecule has 0 aliphatic carbocycles. The topological polar surface area (TPSA) is 49.9 Å². The Morgan fingerprint density at radius 2 is 1.65 bits per heavy atom. The lowest BCUT2D eigenvalue weighted by Gasteiger charge is -2.35. The molecule has 0 unspecified atom stereocenters. The van der Waals surface area contributed by atoms with Crippen molar-refractivity contribution in [2.24, 2.45) is 11.8 Å². The van der Waals surface area contributed by atoms with E-state index in [0.29, 0.717) is 38.6 Å². The van der Waals surface area contributed by atoms with Gasteiger partial charge in [0.15, 0.2) is 0 Å². The van der Waals surface area contributed by atoms with Crippen LogP contribution < -0.4 is 0 Å². The lowest BCUT2D eigenvalue weighted by Crippen LogP contribution is -2.47. The van der Waals surface area contributed by atoms with Gasteiger partial charge in [-0.3, -0.25) is 9.59 Å². The third kappa shape index (κ3) is 3.95. The van der Waals surface area contributed by atoms with Crippen molar-refractivity contribution >= 4 is 11.8 Å². The molecule has 5 heteroatoms. The normalized spacial score (nSPS) is 21.4. The van der Waals surface area contributed by atoms with Gasteiger partial charge in [0, 0.05) is 38.5 Å². The number of likely N-dealkylation sites (tertiary alicyclic amines) is 1. The number of amides is 2. The van der Waals surface area contributed by atoms with Gasteiger partial charge in [0.1, 0.15) is 0 Å². The fourth-order valence-electron chi connectivity index (χ4n) is 2.90. The number of ether oxygens (including phenoxy) is 1. The Bertz CT molecular complexity index is 343. The first-order chi connectivity index (χ1) is 9.58. The number of hydrogen-bond acceptors (Lipinski definition) is 3. The highest BCUT2D eigenvalue weighted by atomic mass is 16.5. The highest BCUT2D eigenvalue weighted by Crippen LogP contribution is 2.21. The zero-order chi connectivity index (χ0) is 14.5. The lowest BCUT2D eigenvalue weighted by molar-refractivity contribution is -0.144. The van der Waals surface area contributed by atoms with Crippen LogP contribution in [0.2, 0.25) is 0 Å². The van der Waals surface area contributed by atoms with Crippen molar-refractivity contribution < 1.29 is 14.3 Å². The molecule has 0 aromatic rings. The van der Waals surface area contributed by atoms with Gasteiger partial charge in [-0.25, -0.2) is 0 Å². The highest BCUT2D eigenvalue weighted by Gasteiger charge is 2.30. The molecule has 0 N–H and O–H groups in total. The Balaban J connectivity index is 1.78. The molecule has 2 amide bonds. The maximum atomic E-state index is 12.4. The van der Waals surface area contributed by atoms with Gasteiger partial charge in [-0.05, 0) is 18.8 Å². The summed E-state index contributed by atoms with van der Waals surface area (Å²) in [7, 11) is 0. The predicted octanol–water partition coefficient (Wildman–Crippen LogP) is 1.13. The van der Waals surface area contributed by atoms with Crippen molar-refractivity contribution in [3.63, 3.8) is 0 Å². The SMILES string of the molecule is CC(C)CC(=O)N1CCC(C(=O)N2CCOCC2)CC1. The van der Waals surface area contributed by atoms with Crippen LogP contribution in [0.3, 0.4) is 0 Å². The summed E-state index contributed by atoms with van der Waals surface area (Å²) in [6.07, 6.45) is 2.22. The third-order valence-electron chi connectivity index (χ3n) is 4.10. The van der Waals surface area contributed by atoms with Crippen LogP contribution in [0.15, 0.2) is 0 Å². The molecule has 0 radical (unpaired) electrons. The van der Waals surface area contributed by atoms with E-state index in [0.717, 1.165) is 25.9 Å². The van der Waals surface area contributed by atoms with Gasteiger partial charge >= 0.3 is 0 Å². The number of hydrogen-bond donors (Lipinski definition) is 0. The van der Waals surface area contributed by atoms with Crippen molar-refractivity contribution in [2.45, 2.75) is 33.1 Å². The summed E-state index contributed by atoms with van der Waals surface area (Å²) in [5.41, 5.74) is 0. The molecule has 2 aliphatic rings. The number of carbonyl (C=O) groups is 2. The van der Waals surface area contributed by atoms with Gasteiger partial charge in [0.25, 0.3) is 0 Å². The number of rotatable bonds is 3. The molecule has 0 bridgehead atoms. The molecule has 2 fully saturated rings. The van der Waals surface area contributed by atoms with Crippen LogP contribution in [-0.2, 0) is 14.3 Å². The summed E-state index contributed by atoms with van der Waals surface area (Å²) in [6, 6.07) is 0. The van der Waals surface area contributed by atoms with Gasteiger partial charge in [0.2, 0.25) is 11.8 Å². The molecule has 0 spiro atoms. The van der Waals surface area contributed by atoms with Crippen LogP contribution in [0.4, 0.5) is 0 Å². The highest BCUT2D eigenvalue weighted by molar-refractivity contribution is 5.80. The third-order valence-corrected chi connectivity index (χ3v) is 4.10. The van der Waals surface area contributed by atoms with Gasteiger partial charge in [-0.2, -0.15) is 0 Å². The van der Waals surface area contributed by atoms with Crippen LogP contribution in [-0.4, -0.2) is 61.0 Å². The molecule has 5 nitrogen and oxygen atoms in total. The van der Waals surface area contributed by atoms with E-state index in [9.17, 15) is 9.59 Å². The lowest BCUT2D eigenvalue weighted by atomic mass is 9.94. The maximum Gasteiger partial charge on any atom is 0.225 e. The van der Waals surface area contributed by atoms with E-state index < -0.39 is 0 Å². The summed E-state index contributed by atoms with van der Waals surface area (Å²) < 4.78 is 5.28. The molecule has 20 heavy (non-hydrogen) atoms. The van der Waals surface area contributed by atoms with Crippen molar-refractivity contribution in [3.8, 4) is 0 Å². The van der Waals surface area contributed by atoms with Crippen molar-refractivity contribution in [1.82, 2.24) is 9.80 Å². The van der Waals surface area contributed by atoms with Crippen LogP contribution in [0.25, 0.3) is 0 Å². The first-order valence-electron chi connectivity index (χ1n) is 7.72. The minimum absolute atomic E-state index is 0.0937. The van der Waals surface area contributed by atoms with E-state index in [1.54, 1.807) is 0 Å². The molecule has 2 heterocycles. The van der Waals surface area contributed by atoms with Crippen molar-refractivity contribution in [2.75, 3.05) is 39.4 Å². The minimum atomic E-state index is 0.0937. The van der Waals surface area contributed by atoms with Gasteiger partial charge < -0.3 is 14.5 Å². The average molecular weight is 282 g/mol. The summed E-state index contributed by atoms with van der Waals surface area (Å²) in [4.78, 5) is 28.2. The van der Waals surface area contributed by atoms with E-state index in [1.165, 1.54) is 0 Å². The molecule has 0 aromatic heterocycles. The molecule has 114 valence electrons. The first-order valence-corrected chi connectivity index (χ1v) is 7.72. The Morgan fingerprint density at radius 3 is 2.20 bits per heavy atom. The van der Waals surface area contributed by atoms with E-state index >= 15 is 0 Å². The molecule has 2 saturated heterocycles. The quantitative estimate of drug-likeness (QED) is 0.779. The summed E-state index contributed by atoms with van der Waals surface area (Å²) >= 11 is 0. The second kappa shape index (κ2) is 7.07. The Hall–Kier alpha value is -1.10. The summed E-state index contributed by atoms with van der Waals surface area (Å²) in [5.74, 6) is 0.980. The Morgan fingerprint density at radius 1 is 1.05 bits per heavy atom. The second-order valence-corrected chi connectivity index (χ2v) is 6.19. The Kier molecular flexibility index (Phi) is 5.40. The molecular formula is C15H26N2O3. The molecule has 2 aliphatic heterocycles. The zero-order valence-electron chi connectivity index (χ0n) is 12.6. The standard InChI is InChI=1S/C15H26N2O3/c1-12(2)11-14(18)16-5-3-13(4-6-16)15(19)17-7-9-20-10-8-17/h12-13H,3-11H2,1-2H3. The number of morpholine rings is 1. The molecular weight excluding hydrogens is 256 g/mol. The molecule has 2 rings (SSSR count). The van der Waals surface area contributed by atoms with Crippen molar-refractivity contribution in [1.29, 1.82) is 0 Å². The van der Waals surface area contributed by atoms with E-state index in [4.69, 9.17) is 4.74 Å². The minimum Gasteiger partial charge on any atom is -0.378 e. The number of carbonyl (C=O) groups excluding carboxylic acids is 2. The molecule has 0 atom stereocenters. The van der Waals surface area contributed by atoms with Crippen LogP contribution in [0.1, 0.15) is 33.1 Å². The Labute approximate surface area is 121 Å². The first kappa shape index (κ1) is 15.3. The van der Waals surface area contributed by atoms with Crippen LogP contribution >= 0.6 is 0 Å². The predicted molar refractivity (Wildman–Crippen MR) is 76.2 cm³/mol. The fraction of sp³-hybridized carbons (Fsp3) is 0.867. The van der Waals surface area contributed by atoms with Gasteiger partial charge in [0.05, 0.1) is 13.2 Å². The smallest absolute Gasteiger partial charge is 0.225 e. The zero-order valence-corrected chi connectivity index (χ0v) is 12.6. The fourth-order valence-corrected chi connectivity index (χ4v) is 2.90. The summed E-state index contributed by atoms with van der Waals surface area (Å²) in [6.45, 7) is 8.31. The summed E-state index contributed by atoms with van der Waals surface area (Å²) in [5, 5.41) is 0. The maximum absolute atomic E-state index is 12.4. The average Bonchev–Trinajstić information content (AvgIpc) is 2.47. The molecule has 0 saturated carbocycles. The van der Waals surface area contributed by atoms with Crippen LogP contribution in [0.5, 0.6) is 0 Å². The number of piperidine rings is 1. The van der Waals surface area contributed by atoms with Gasteiger partial charge in [-0.1, -0.05) is 13.8 Å². The van der Waals surface area contributed by atoms with Crippen molar-refractivity contribution in [3.05, 3.63) is 0 Å². The monoisotopic (exact) mass is 282 g/mol. The van der Waals surface area contributed by atoms with E-state index in [2.05, 4.69) is 13.8 Å². The largest absolute Gasteiger partial charge is 0.378 e. The number of nitrogens with zero attached hydrogens (tertiary/aromatic N) is 2.